The van der Waals surface area contributed by atoms with Crippen molar-refractivity contribution in [2.45, 2.75) is 32.1 Å². The first-order valence-corrected chi connectivity index (χ1v) is 3.76. The number of allylic oxidation sites excluding steroid dienone is 4. The van der Waals surface area contributed by atoms with Gasteiger partial charge in [-0.3, -0.25) is 0 Å². The van der Waals surface area contributed by atoms with E-state index in [1.807, 2.05) is 0 Å². The van der Waals surface area contributed by atoms with E-state index in [0.29, 0.717) is 0 Å². The topological polar surface area (TPSA) is 0 Å². The largest absolute Gasteiger partial charge is 0.0807 e. The van der Waals surface area contributed by atoms with E-state index in [9.17, 15) is 0 Å². The lowest BCUT2D eigenvalue weighted by atomic mass is 9.91. The Hall–Kier alpha value is -0.520. The minimum absolute atomic E-state index is 1.20. The summed E-state index contributed by atoms with van der Waals surface area (Å²) in [5.74, 6) is 0. The van der Waals surface area contributed by atoms with Gasteiger partial charge in [0.05, 0.1) is 0 Å². The molecule has 0 N–H and O–H groups in total. The number of hydrogen-bond acceptors (Lipinski definition) is 0. The van der Waals surface area contributed by atoms with Gasteiger partial charge in [0.1, 0.15) is 0 Å². The molecule has 0 aromatic carbocycles. The second kappa shape index (κ2) is 2.02. The molecule has 0 heterocycles. The SMILES string of the molecule is [C]1=C(C2=CCC2)CCC1. The highest BCUT2D eigenvalue weighted by atomic mass is 14.2. The Morgan fingerprint density at radius 2 is 2.22 bits per heavy atom. The minimum atomic E-state index is 1.20. The minimum Gasteiger partial charge on any atom is -0.0807 e. The third-order valence-electron chi connectivity index (χ3n) is 2.13. The molecule has 0 spiro atoms. The van der Waals surface area contributed by atoms with Crippen molar-refractivity contribution in [3.63, 3.8) is 0 Å². The van der Waals surface area contributed by atoms with Crippen LogP contribution in [0.15, 0.2) is 17.2 Å². The average molecular weight is 119 g/mol. The summed E-state index contributed by atoms with van der Waals surface area (Å²) in [5.41, 5.74) is 3.12. The van der Waals surface area contributed by atoms with Crippen molar-refractivity contribution < 1.29 is 0 Å². The van der Waals surface area contributed by atoms with Crippen molar-refractivity contribution >= 4 is 0 Å². The van der Waals surface area contributed by atoms with Gasteiger partial charge >= 0.3 is 0 Å². The first kappa shape index (κ1) is 5.28. The molecule has 0 amide bonds. The van der Waals surface area contributed by atoms with E-state index in [-0.39, 0.29) is 0 Å². The molecule has 0 aliphatic heterocycles. The first-order chi connectivity index (χ1) is 4.47. The highest BCUT2D eigenvalue weighted by molar-refractivity contribution is 5.35. The van der Waals surface area contributed by atoms with Crippen LogP contribution in [0.25, 0.3) is 0 Å². The predicted molar refractivity (Wildman–Crippen MR) is 37.9 cm³/mol. The molecule has 0 saturated carbocycles. The lowest BCUT2D eigenvalue weighted by Crippen LogP contribution is -1.95. The van der Waals surface area contributed by atoms with Crippen LogP contribution in [0.2, 0.25) is 0 Å². The highest BCUT2D eigenvalue weighted by Gasteiger charge is 2.13. The summed E-state index contributed by atoms with van der Waals surface area (Å²) in [5, 5.41) is 0. The van der Waals surface area contributed by atoms with Crippen LogP contribution in [0.1, 0.15) is 32.1 Å². The maximum atomic E-state index is 3.41. The predicted octanol–water partition coefficient (Wildman–Crippen LogP) is 2.62. The summed E-state index contributed by atoms with van der Waals surface area (Å²) >= 11 is 0. The van der Waals surface area contributed by atoms with Gasteiger partial charge < -0.3 is 0 Å². The molecule has 2 aliphatic carbocycles. The average Bonchev–Trinajstić information content (AvgIpc) is 2.11. The number of rotatable bonds is 1. The monoisotopic (exact) mass is 119 g/mol. The quantitative estimate of drug-likeness (QED) is 0.497. The highest BCUT2D eigenvalue weighted by Crippen LogP contribution is 2.32. The Kier molecular flexibility index (Phi) is 1.18. The summed E-state index contributed by atoms with van der Waals surface area (Å²) in [7, 11) is 0. The van der Waals surface area contributed by atoms with E-state index < -0.39 is 0 Å². The van der Waals surface area contributed by atoms with Crippen molar-refractivity contribution in [3.05, 3.63) is 23.3 Å². The van der Waals surface area contributed by atoms with Gasteiger partial charge in [0.2, 0.25) is 0 Å². The first-order valence-electron chi connectivity index (χ1n) is 3.76. The zero-order chi connectivity index (χ0) is 6.10. The smallest absolute Gasteiger partial charge is 0.0244 e. The van der Waals surface area contributed by atoms with Crippen LogP contribution in [0, 0.1) is 6.08 Å². The second-order valence-corrected chi connectivity index (χ2v) is 2.78. The van der Waals surface area contributed by atoms with Crippen LogP contribution >= 0.6 is 0 Å². The fourth-order valence-electron chi connectivity index (χ4n) is 1.43. The second-order valence-electron chi connectivity index (χ2n) is 2.78. The molecule has 0 saturated heterocycles. The molecule has 2 aliphatic rings. The maximum Gasteiger partial charge on any atom is -0.0244 e. The summed E-state index contributed by atoms with van der Waals surface area (Å²) < 4.78 is 0. The summed E-state index contributed by atoms with van der Waals surface area (Å²) in [6, 6.07) is 0. The number of hydrogen-bond donors (Lipinski definition) is 0. The van der Waals surface area contributed by atoms with Crippen LogP contribution in [0.4, 0.5) is 0 Å². The maximum absolute atomic E-state index is 3.41. The Bertz CT molecular complexity index is 172. The van der Waals surface area contributed by atoms with Gasteiger partial charge in [-0.1, -0.05) is 6.08 Å². The lowest BCUT2D eigenvalue weighted by molar-refractivity contribution is 0.842. The van der Waals surface area contributed by atoms with E-state index in [4.69, 9.17) is 0 Å². The van der Waals surface area contributed by atoms with Crippen molar-refractivity contribution in [3.8, 4) is 0 Å². The van der Waals surface area contributed by atoms with Crippen molar-refractivity contribution in [1.82, 2.24) is 0 Å². The Morgan fingerprint density at radius 3 is 2.67 bits per heavy atom. The molecule has 2 rings (SSSR count). The zero-order valence-corrected chi connectivity index (χ0v) is 5.61. The van der Waals surface area contributed by atoms with Crippen LogP contribution in [0.3, 0.4) is 0 Å². The van der Waals surface area contributed by atoms with Gasteiger partial charge in [0.15, 0.2) is 0 Å². The van der Waals surface area contributed by atoms with Crippen molar-refractivity contribution in [1.29, 1.82) is 0 Å². The van der Waals surface area contributed by atoms with Gasteiger partial charge in [-0.15, -0.1) is 0 Å². The van der Waals surface area contributed by atoms with Crippen LogP contribution in [-0.2, 0) is 0 Å². The Balaban J connectivity index is 2.12. The molecule has 0 unspecified atom stereocenters. The molecule has 47 valence electrons. The van der Waals surface area contributed by atoms with E-state index in [1.54, 1.807) is 5.57 Å². The Morgan fingerprint density at radius 1 is 1.33 bits per heavy atom. The molecular weight excluding hydrogens is 108 g/mol. The van der Waals surface area contributed by atoms with E-state index in [1.165, 1.54) is 37.7 Å². The normalized spacial score (nSPS) is 24.9. The van der Waals surface area contributed by atoms with Gasteiger partial charge in [-0.2, -0.15) is 0 Å². The van der Waals surface area contributed by atoms with Crippen LogP contribution < -0.4 is 0 Å². The molecule has 0 nitrogen and oxygen atoms in total. The van der Waals surface area contributed by atoms with Crippen molar-refractivity contribution in [2.75, 3.05) is 0 Å². The standard InChI is InChI=1S/C9H11/c1-2-5-8(4-1)9-6-3-7-9/h6H,1-4,7H2. The van der Waals surface area contributed by atoms with Crippen LogP contribution in [0.5, 0.6) is 0 Å². The summed E-state index contributed by atoms with van der Waals surface area (Å²) in [4.78, 5) is 0. The lowest BCUT2D eigenvalue weighted by Gasteiger charge is -2.14. The molecular formula is C9H11. The summed E-state index contributed by atoms with van der Waals surface area (Å²) in [6.07, 6.45) is 12.2. The molecule has 9 heavy (non-hydrogen) atoms. The summed E-state index contributed by atoms with van der Waals surface area (Å²) in [6.45, 7) is 0. The molecule has 1 radical (unpaired) electrons. The fraction of sp³-hybridized carbons (Fsp3) is 0.556. The van der Waals surface area contributed by atoms with Crippen molar-refractivity contribution in [2.24, 2.45) is 0 Å². The van der Waals surface area contributed by atoms with E-state index in [2.05, 4.69) is 12.2 Å². The molecule has 0 aromatic heterocycles. The molecule has 0 heteroatoms. The van der Waals surface area contributed by atoms with Crippen LogP contribution in [-0.4, -0.2) is 0 Å². The molecule has 0 atom stereocenters. The van der Waals surface area contributed by atoms with Gasteiger partial charge in [-0.25, -0.2) is 0 Å². The third-order valence-corrected chi connectivity index (χ3v) is 2.13. The molecule has 0 fully saturated rings. The van der Waals surface area contributed by atoms with Gasteiger partial charge in [0.25, 0.3) is 0 Å². The Labute approximate surface area is 56.3 Å². The molecule has 0 aromatic rings. The zero-order valence-electron chi connectivity index (χ0n) is 5.61. The van der Waals surface area contributed by atoms with E-state index in [0.717, 1.165) is 0 Å². The fourth-order valence-corrected chi connectivity index (χ4v) is 1.43. The molecule has 0 bridgehead atoms. The van der Waals surface area contributed by atoms with Gasteiger partial charge in [-0.05, 0) is 49.3 Å². The third kappa shape index (κ3) is 0.827. The van der Waals surface area contributed by atoms with Gasteiger partial charge in [0, 0.05) is 0 Å². The van der Waals surface area contributed by atoms with E-state index >= 15 is 0 Å².